The Kier molecular flexibility index (Phi) is 5.01. The average molecular weight is 254 g/mol. The minimum absolute atomic E-state index is 0.0251. The third-order valence-corrected chi connectivity index (χ3v) is 4.25. The topological polar surface area (TPSA) is 41.6 Å². The zero-order valence-corrected chi connectivity index (χ0v) is 11.7. The Balaban J connectivity index is 2.00. The Morgan fingerprint density at radius 2 is 2.17 bits per heavy atom. The van der Waals surface area contributed by atoms with E-state index in [0.29, 0.717) is 25.2 Å². The maximum atomic E-state index is 12.7. The van der Waals surface area contributed by atoms with Gasteiger partial charge in [0, 0.05) is 18.6 Å². The van der Waals surface area contributed by atoms with E-state index in [1.54, 1.807) is 0 Å². The fourth-order valence-electron chi connectivity index (χ4n) is 3.19. The number of hydrogen-bond donors (Lipinski definition) is 1. The van der Waals surface area contributed by atoms with Crippen LogP contribution in [-0.2, 0) is 9.53 Å². The summed E-state index contributed by atoms with van der Waals surface area (Å²) in [7, 11) is 0. The molecule has 2 aliphatic rings. The van der Waals surface area contributed by atoms with Crippen LogP contribution in [0.1, 0.15) is 39.5 Å². The molecule has 3 unspecified atom stereocenters. The smallest absolute Gasteiger partial charge is 0.229 e. The molecule has 0 aromatic carbocycles. The van der Waals surface area contributed by atoms with Crippen molar-refractivity contribution >= 4 is 5.91 Å². The third-order valence-electron chi connectivity index (χ3n) is 4.25. The highest BCUT2D eigenvalue weighted by molar-refractivity contribution is 5.80. The molecular formula is C14H26N2O2. The van der Waals surface area contributed by atoms with Crippen molar-refractivity contribution in [3.8, 4) is 0 Å². The minimum atomic E-state index is 0.0251. The number of ether oxygens (including phenoxy) is 1. The highest BCUT2D eigenvalue weighted by Gasteiger charge is 2.38. The quantitative estimate of drug-likeness (QED) is 0.824. The highest BCUT2D eigenvalue weighted by atomic mass is 16.5. The van der Waals surface area contributed by atoms with E-state index < -0.39 is 0 Å². The van der Waals surface area contributed by atoms with Crippen molar-refractivity contribution in [3.05, 3.63) is 0 Å². The first kappa shape index (κ1) is 13.8. The molecule has 1 amide bonds. The molecule has 2 aliphatic heterocycles. The monoisotopic (exact) mass is 254 g/mol. The molecule has 2 rings (SSSR count). The van der Waals surface area contributed by atoms with Crippen LogP contribution >= 0.6 is 0 Å². The number of nitrogens with zero attached hydrogens (tertiary/aromatic N) is 1. The summed E-state index contributed by atoms with van der Waals surface area (Å²) in [5, 5.41) is 3.37. The molecule has 3 atom stereocenters. The van der Waals surface area contributed by atoms with Gasteiger partial charge in [-0.15, -0.1) is 0 Å². The molecule has 4 heteroatoms. The predicted molar refractivity (Wildman–Crippen MR) is 71.4 cm³/mol. The van der Waals surface area contributed by atoms with E-state index in [4.69, 9.17) is 4.74 Å². The van der Waals surface area contributed by atoms with Crippen molar-refractivity contribution in [1.29, 1.82) is 0 Å². The number of amides is 1. The van der Waals surface area contributed by atoms with Crippen LogP contribution < -0.4 is 5.32 Å². The van der Waals surface area contributed by atoms with Crippen LogP contribution in [0.4, 0.5) is 0 Å². The summed E-state index contributed by atoms with van der Waals surface area (Å²) in [6, 6.07) is 0.663. The average Bonchev–Trinajstić information content (AvgIpc) is 2.86. The van der Waals surface area contributed by atoms with Crippen LogP contribution in [0, 0.1) is 5.92 Å². The molecule has 2 heterocycles. The number of rotatable bonds is 4. The third kappa shape index (κ3) is 2.86. The number of hydrogen-bond acceptors (Lipinski definition) is 3. The minimum Gasteiger partial charge on any atom is -0.379 e. The lowest BCUT2D eigenvalue weighted by atomic mass is 9.95. The molecule has 104 valence electrons. The summed E-state index contributed by atoms with van der Waals surface area (Å²) < 4.78 is 5.49. The molecule has 2 fully saturated rings. The Bertz CT molecular complexity index is 283. The lowest BCUT2D eigenvalue weighted by Gasteiger charge is -2.37. The first-order valence-electron chi connectivity index (χ1n) is 7.39. The van der Waals surface area contributed by atoms with Crippen LogP contribution in [-0.4, -0.2) is 49.2 Å². The van der Waals surface area contributed by atoms with Gasteiger partial charge in [-0.1, -0.05) is 13.8 Å². The molecule has 0 radical (unpaired) electrons. The summed E-state index contributed by atoms with van der Waals surface area (Å²) in [6.45, 7) is 7.36. The summed E-state index contributed by atoms with van der Waals surface area (Å²) in [4.78, 5) is 14.8. The van der Waals surface area contributed by atoms with Gasteiger partial charge in [-0.3, -0.25) is 4.79 Å². The van der Waals surface area contributed by atoms with Crippen molar-refractivity contribution in [2.75, 3.05) is 26.3 Å². The standard InChI is InChI=1S/C14H26N2O2/c1-3-11-7-5-6-8-16(11)14(17)12-9-18-10-13(12)15-4-2/h11-13,15H,3-10H2,1-2H3. The number of likely N-dealkylation sites (N-methyl/N-ethyl adjacent to an activating group) is 1. The molecule has 0 saturated carbocycles. The van der Waals surface area contributed by atoms with Gasteiger partial charge in [0.1, 0.15) is 0 Å². The maximum Gasteiger partial charge on any atom is 0.229 e. The predicted octanol–water partition coefficient (Wildman–Crippen LogP) is 1.40. The lowest BCUT2D eigenvalue weighted by Crippen LogP contribution is -2.50. The first-order chi connectivity index (χ1) is 8.77. The Labute approximate surface area is 110 Å². The number of nitrogens with one attached hydrogen (secondary N) is 1. The van der Waals surface area contributed by atoms with Gasteiger partial charge in [-0.05, 0) is 32.2 Å². The number of carbonyl (C=O) groups is 1. The number of carbonyl (C=O) groups excluding carboxylic acids is 1. The molecule has 0 aliphatic carbocycles. The molecule has 18 heavy (non-hydrogen) atoms. The molecule has 0 aromatic heterocycles. The summed E-state index contributed by atoms with van der Waals surface area (Å²) in [6.07, 6.45) is 4.66. The number of piperidine rings is 1. The molecule has 0 aromatic rings. The van der Waals surface area contributed by atoms with E-state index in [0.717, 1.165) is 25.9 Å². The van der Waals surface area contributed by atoms with Gasteiger partial charge in [0.25, 0.3) is 0 Å². The summed E-state index contributed by atoms with van der Waals surface area (Å²) in [5.74, 6) is 0.335. The molecule has 0 spiro atoms. The second kappa shape index (κ2) is 6.53. The second-order valence-corrected chi connectivity index (χ2v) is 5.40. The fraction of sp³-hybridized carbons (Fsp3) is 0.929. The first-order valence-corrected chi connectivity index (χ1v) is 7.39. The van der Waals surface area contributed by atoms with Gasteiger partial charge >= 0.3 is 0 Å². The zero-order valence-electron chi connectivity index (χ0n) is 11.7. The van der Waals surface area contributed by atoms with Crippen LogP contribution in [0.2, 0.25) is 0 Å². The SMILES string of the molecule is CCNC1COCC1C(=O)N1CCCCC1CC. The van der Waals surface area contributed by atoms with E-state index in [2.05, 4.69) is 24.1 Å². The van der Waals surface area contributed by atoms with E-state index in [9.17, 15) is 4.79 Å². The second-order valence-electron chi connectivity index (χ2n) is 5.40. The zero-order chi connectivity index (χ0) is 13.0. The van der Waals surface area contributed by atoms with Crippen molar-refractivity contribution < 1.29 is 9.53 Å². The Morgan fingerprint density at radius 3 is 2.89 bits per heavy atom. The molecule has 0 bridgehead atoms. The van der Waals surface area contributed by atoms with Gasteiger partial charge in [0.05, 0.1) is 19.1 Å². The van der Waals surface area contributed by atoms with E-state index in [-0.39, 0.29) is 12.0 Å². The molecular weight excluding hydrogens is 228 g/mol. The number of likely N-dealkylation sites (tertiary alicyclic amines) is 1. The van der Waals surface area contributed by atoms with E-state index in [1.807, 2.05) is 0 Å². The molecule has 2 saturated heterocycles. The van der Waals surface area contributed by atoms with E-state index >= 15 is 0 Å². The van der Waals surface area contributed by atoms with Crippen molar-refractivity contribution in [3.63, 3.8) is 0 Å². The van der Waals surface area contributed by atoms with Gasteiger partial charge < -0.3 is 15.0 Å². The largest absolute Gasteiger partial charge is 0.379 e. The highest BCUT2D eigenvalue weighted by Crippen LogP contribution is 2.24. The van der Waals surface area contributed by atoms with E-state index in [1.165, 1.54) is 12.8 Å². The van der Waals surface area contributed by atoms with Crippen molar-refractivity contribution in [2.24, 2.45) is 5.92 Å². The summed E-state index contributed by atoms with van der Waals surface area (Å²) in [5.41, 5.74) is 0. The maximum absolute atomic E-state index is 12.7. The van der Waals surface area contributed by atoms with Gasteiger partial charge in [-0.25, -0.2) is 0 Å². The lowest BCUT2D eigenvalue weighted by molar-refractivity contribution is -0.139. The van der Waals surface area contributed by atoms with Crippen LogP contribution in [0.3, 0.4) is 0 Å². The van der Waals surface area contributed by atoms with Crippen molar-refractivity contribution in [2.45, 2.75) is 51.6 Å². The van der Waals surface area contributed by atoms with Crippen LogP contribution in [0.25, 0.3) is 0 Å². The Hall–Kier alpha value is -0.610. The van der Waals surface area contributed by atoms with Crippen LogP contribution in [0.5, 0.6) is 0 Å². The summed E-state index contributed by atoms with van der Waals surface area (Å²) >= 11 is 0. The fourth-order valence-corrected chi connectivity index (χ4v) is 3.19. The van der Waals surface area contributed by atoms with Gasteiger partial charge in [0.2, 0.25) is 5.91 Å². The molecule has 4 nitrogen and oxygen atoms in total. The normalized spacial score (nSPS) is 32.8. The van der Waals surface area contributed by atoms with Gasteiger partial charge in [-0.2, -0.15) is 0 Å². The Morgan fingerprint density at radius 1 is 1.33 bits per heavy atom. The van der Waals surface area contributed by atoms with Gasteiger partial charge in [0.15, 0.2) is 0 Å². The van der Waals surface area contributed by atoms with Crippen molar-refractivity contribution in [1.82, 2.24) is 10.2 Å². The van der Waals surface area contributed by atoms with Crippen LogP contribution in [0.15, 0.2) is 0 Å². The molecule has 1 N–H and O–H groups in total.